The molecule has 0 aromatic heterocycles. The Hall–Kier alpha value is -0.520. The maximum Gasteiger partial charge on any atom is 0.261 e. The summed E-state index contributed by atoms with van der Waals surface area (Å²) in [5.74, 6) is 0.559. The van der Waals surface area contributed by atoms with Crippen LogP contribution in [-0.2, 0) is 9.05 Å². The minimum Gasteiger partial charge on any atom is -0.488 e. The van der Waals surface area contributed by atoms with E-state index in [1.165, 1.54) is 12.1 Å². The maximum atomic E-state index is 11.1. The van der Waals surface area contributed by atoms with Crippen molar-refractivity contribution in [3.05, 3.63) is 34.8 Å². The molecular weight excluding hydrogens is 328 g/mol. The van der Waals surface area contributed by atoms with Crippen LogP contribution in [0.5, 0.6) is 5.75 Å². The lowest BCUT2D eigenvalue weighted by atomic mass is 10.2. The Labute approximate surface area is 114 Å². The van der Waals surface area contributed by atoms with Crippen molar-refractivity contribution >= 4 is 35.7 Å². The van der Waals surface area contributed by atoms with Crippen LogP contribution in [0.3, 0.4) is 0 Å². The van der Waals surface area contributed by atoms with Crippen molar-refractivity contribution < 1.29 is 13.2 Å². The van der Waals surface area contributed by atoms with E-state index in [1.54, 1.807) is 6.07 Å². The van der Waals surface area contributed by atoms with Crippen LogP contribution in [-0.4, -0.2) is 15.0 Å². The third kappa shape index (κ3) is 4.33. The second-order valence-corrected chi connectivity index (χ2v) is 6.84. The zero-order valence-corrected chi connectivity index (χ0v) is 12.4. The molecule has 6 heteroatoms. The van der Waals surface area contributed by atoms with Gasteiger partial charge in [-0.3, -0.25) is 0 Å². The van der Waals surface area contributed by atoms with Crippen LogP contribution in [0.4, 0.5) is 0 Å². The molecule has 0 aliphatic heterocycles. The van der Waals surface area contributed by atoms with Crippen LogP contribution in [0.25, 0.3) is 0 Å². The predicted molar refractivity (Wildman–Crippen MR) is 72.1 cm³/mol. The van der Waals surface area contributed by atoms with E-state index < -0.39 is 9.05 Å². The molecule has 0 aliphatic rings. The number of rotatable bonds is 5. The first-order chi connectivity index (χ1) is 7.84. The van der Waals surface area contributed by atoms with Crippen molar-refractivity contribution in [3.8, 4) is 5.75 Å². The minimum absolute atomic E-state index is 0.0349. The van der Waals surface area contributed by atoms with Gasteiger partial charge in [-0.15, -0.1) is 0 Å². The van der Waals surface area contributed by atoms with Gasteiger partial charge in [-0.2, -0.15) is 0 Å². The van der Waals surface area contributed by atoms with E-state index in [0.717, 1.165) is 12.0 Å². The highest BCUT2D eigenvalue weighted by Gasteiger charge is 2.12. The topological polar surface area (TPSA) is 43.4 Å². The smallest absolute Gasteiger partial charge is 0.261 e. The molecule has 0 saturated heterocycles. The molecule has 94 valence electrons. The Morgan fingerprint density at radius 3 is 2.65 bits per heavy atom. The molecule has 0 radical (unpaired) electrons. The summed E-state index contributed by atoms with van der Waals surface area (Å²) in [7, 11) is 1.52. The second-order valence-electron chi connectivity index (χ2n) is 3.42. The van der Waals surface area contributed by atoms with Gasteiger partial charge in [0.25, 0.3) is 9.05 Å². The summed E-state index contributed by atoms with van der Waals surface area (Å²) >= 11 is 3.23. The molecule has 0 N–H and O–H groups in total. The van der Waals surface area contributed by atoms with Gasteiger partial charge in [0.2, 0.25) is 0 Å². The molecule has 0 unspecified atom stereocenters. The van der Waals surface area contributed by atoms with Crippen LogP contribution in [0.15, 0.2) is 39.7 Å². The molecule has 1 aromatic carbocycles. The minimum atomic E-state index is -3.71. The molecule has 1 aromatic rings. The fourth-order valence-corrected chi connectivity index (χ4v) is 2.45. The van der Waals surface area contributed by atoms with E-state index in [9.17, 15) is 8.42 Å². The van der Waals surface area contributed by atoms with Crippen molar-refractivity contribution in [1.29, 1.82) is 0 Å². The second kappa shape index (κ2) is 5.89. The Balaban J connectivity index is 2.88. The third-order valence-corrected chi connectivity index (χ3v) is 4.09. The highest BCUT2D eigenvalue weighted by atomic mass is 79.9. The molecule has 0 amide bonds. The average molecular weight is 340 g/mol. The largest absolute Gasteiger partial charge is 0.488 e. The molecule has 0 atom stereocenters. The lowest BCUT2D eigenvalue weighted by Crippen LogP contribution is -2.00. The summed E-state index contributed by atoms with van der Waals surface area (Å²) in [6.45, 7) is 6.21. The number of hydrogen-bond donors (Lipinski definition) is 0. The van der Waals surface area contributed by atoms with E-state index in [-0.39, 0.29) is 4.90 Å². The van der Waals surface area contributed by atoms with Crippen molar-refractivity contribution in [2.24, 2.45) is 0 Å². The molecular formula is C11H12BrClO3S. The van der Waals surface area contributed by atoms with Gasteiger partial charge in [-0.25, -0.2) is 8.42 Å². The van der Waals surface area contributed by atoms with E-state index >= 15 is 0 Å². The molecule has 0 spiro atoms. The van der Waals surface area contributed by atoms with Crippen LogP contribution >= 0.6 is 26.6 Å². The predicted octanol–water partition coefficient (Wildman–Crippen LogP) is 3.72. The summed E-state index contributed by atoms with van der Waals surface area (Å²) in [5.41, 5.74) is 0.964. The van der Waals surface area contributed by atoms with Gasteiger partial charge in [-0.05, 0) is 46.1 Å². The van der Waals surface area contributed by atoms with E-state index in [2.05, 4.69) is 22.5 Å². The van der Waals surface area contributed by atoms with Gasteiger partial charge in [0.15, 0.2) is 0 Å². The molecule has 3 nitrogen and oxygen atoms in total. The molecule has 0 aliphatic carbocycles. The molecule has 0 saturated carbocycles. The zero-order valence-electron chi connectivity index (χ0n) is 9.24. The van der Waals surface area contributed by atoms with Gasteiger partial charge in [0.05, 0.1) is 9.37 Å². The molecule has 0 heterocycles. The standard InChI is InChI=1S/C11H12BrClO3S/c1-3-8(2)7-16-11-5-4-9(6-10(11)12)17(13,14)15/h4-6H,2-3,7H2,1H3. The monoisotopic (exact) mass is 338 g/mol. The third-order valence-electron chi connectivity index (χ3n) is 2.12. The molecule has 1 rings (SSSR count). The van der Waals surface area contributed by atoms with Crippen molar-refractivity contribution in [1.82, 2.24) is 0 Å². The first-order valence-corrected chi connectivity index (χ1v) is 7.98. The van der Waals surface area contributed by atoms with Crippen LogP contribution in [0, 0.1) is 0 Å². The van der Waals surface area contributed by atoms with Gasteiger partial charge in [0.1, 0.15) is 12.4 Å². The number of benzene rings is 1. The van der Waals surface area contributed by atoms with Gasteiger partial charge < -0.3 is 4.74 Å². The van der Waals surface area contributed by atoms with Crippen molar-refractivity contribution in [3.63, 3.8) is 0 Å². The van der Waals surface area contributed by atoms with Crippen molar-refractivity contribution in [2.75, 3.05) is 6.61 Å². The maximum absolute atomic E-state index is 11.1. The van der Waals surface area contributed by atoms with Crippen molar-refractivity contribution in [2.45, 2.75) is 18.2 Å². The Morgan fingerprint density at radius 2 is 2.18 bits per heavy atom. The lowest BCUT2D eigenvalue weighted by Gasteiger charge is -2.09. The number of ether oxygens (including phenoxy) is 1. The van der Waals surface area contributed by atoms with Gasteiger partial charge in [0, 0.05) is 10.7 Å². The quantitative estimate of drug-likeness (QED) is 0.606. The van der Waals surface area contributed by atoms with E-state index in [0.29, 0.717) is 16.8 Å². The fourth-order valence-electron chi connectivity index (χ4n) is 1.03. The average Bonchev–Trinajstić information content (AvgIpc) is 2.25. The molecule has 0 bridgehead atoms. The van der Waals surface area contributed by atoms with Gasteiger partial charge >= 0.3 is 0 Å². The SMILES string of the molecule is C=C(CC)COc1ccc(S(=O)(=O)Cl)cc1Br. The zero-order chi connectivity index (χ0) is 13.1. The summed E-state index contributed by atoms with van der Waals surface area (Å²) in [4.78, 5) is 0.0349. The number of hydrogen-bond acceptors (Lipinski definition) is 3. The molecule has 17 heavy (non-hydrogen) atoms. The molecule has 0 fully saturated rings. The first kappa shape index (κ1) is 14.5. The lowest BCUT2D eigenvalue weighted by molar-refractivity contribution is 0.346. The van der Waals surface area contributed by atoms with Crippen LogP contribution < -0.4 is 4.74 Å². The Bertz CT molecular complexity index is 526. The summed E-state index contributed by atoms with van der Waals surface area (Å²) in [5, 5.41) is 0. The highest BCUT2D eigenvalue weighted by Crippen LogP contribution is 2.29. The normalized spacial score (nSPS) is 11.2. The highest BCUT2D eigenvalue weighted by molar-refractivity contribution is 9.10. The first-order valence-electron chi connectivity index (χ1n) is 4.88. The Morgan fingerprint density at radius 1 is 1.53 bits per heavy atom. The number of halogens is 2. The van der Waals surface area contributed by atoms with Crippen LogP contribution in [0.2, 0.25) is 0 Å². The van der Waals surface area contributed by atoms with E-state index in [4.69, 9.17) is 15.4 Å². The van der Waals surface area contributed by atoms with E-state index in [1.807, 2.05) is 6.92 Å². The Kier molecular flexibility index (Phi) is 5.04. The fraction of sp³-hybridized carbons (Fsp3) is 0.273. The van der Waals surface area contributed by atoms with Gasteiger partial charge in [-0.1, -0.05) is 13.5 Å². The summed E-state index contributed by atoms with van der Waals surface area (Å²) in [6.07, 6.45) is 0.839. The summed E-state index contributed by atoms with van der Waals surface area (Å²) in [6, 6.07) is 4.37. The van der Waals surface area contributed by atoms with Crippen LogP contribution in [0.1, 0.15) is 13.3 Å². The summed E-state index contributed by atoms with van der Waals surface area (Å²) < 4.78 is 28.2.